The Bertz CT molecular complexity index is 362. The zero-order chi connectivity index (χ0) is 7.68. The lowest BCUT2D eigenvalue weighted by atomic mass is 10.2. The van der Waals surface area contributed by atoms with Crippen LogP contribution in [0.2, 0.25) is 0 Å². The first-order chi connectivity index (χ1) is 5.42. The Morgan fingerprint density at radius 1 is 1.55 bits per heavy atom. The summed E-state index contributed by atoms with van der Waals surface area (Å²) in [7, 11) is 0. The van der Waals surface area contributed by atoms with Gasteiger partial charge < -0.3 is 9.52 Å². The SMILES string of the molecule is OCc1coc2cc[c]cc12. The summed E-state index contributed by atoms with van der Waals surface area (Å²) in [4.78, 5) is 0. The van der Waals surface area contributed by atoms with Crippen LogP contribution in [0.4, 0.5) is 0 Å². The van der Waals surface area contributed by atoms with E-state index >= 15 is 0 Å². The summed E-state index contributed by atoms with van der Waals surface area (Å²) in [5.74, 6) is 0. The molecule has 0 saturated heterocycles. The summed E-state index contributed by atoms with van der Waals surface area (Å²) in [6, 6.07) is 8.35. The maximum absolute atomic E-state index is 8.85. The van der Waals surface area contributed by atoms with Crippen LogP contribution in [0.1, 0.15) is 5.56 Å². The Kier molecular flexibility index (Phi) is 1.40. The third-order valence-corrected chi connectivity index (χ3v) is 1.67. The lowest BCUT2D eigenvalue weighted by Gasteiger charge is -1.87. The molecule has 0 aliphatic rings. The minimum atomic E-state index is 0.0187. The van der Waals surface area contributed by atoms with Crippen molar-refractivity contribution >= 4 is 11.0 Å². The predicted octanol–water partition coefficient (Wildman–Crippen LogP) is 1.73. The van der Waals surface area contributed by atoms with E-state index in [-0.39, 0.29) is 6.61 Å². The summed E-state index contributed by atoms with van der Waals surface area (Å²) >= 11 is 0. The van der Waals surface area contributed by atoms with Gasteiger partial charge in [0.15, 0.2) is 0 Å². The molecule has 1 aromatic heterocycles. The maximum atomic E-state index is 8.85. The van der Waals surface area contributed by atoms with Crippen molar-refractivity contribution in [1.82, 2.24) is 0 Å². The fraction of sp³-hybridized carbons (Fsp3) is 0.111. The summed E-state index contributed by atoms with van der Waals surface area (Å²) in [6.07, 6.45) is 1.57. The predicted molar refractivity (Wildman–Crippen MR) is 41.0 cm³/mol. The van der Waals surface area contributed by atoms with Crippen LogP contribution in [-0.2, 0) is 6.61 Å². The second kappa shape index (κ2) is 2.40. The van der Waals surface area contributed by atoms with Crippen molar-refractivity contribution in [3.05, 3.63) is 36.1 Å². The van der Waals surface area contributed by atoms with Crippen LogP contribution < -0.4 is 0 Å². The number of hydrogen-bond acceptors (Lipinski definition) is 2. The third-order valence-electron chi connectivity index (χ3n) is 1.67. The van der Waals surface area contributed by atoms with Crippen molar-refractivity contribution in [3.63, 3.8) is 0 Å². The molecule has 0 aliphatic heterocycles. The number of hydrogen-bond donors (Lipinski definition) is 1. The van der Waals surface area contributed by atoms with Crippen molar-refractivity contribution in [2.24, 2.45) is 0 Å². The normalized spacial score (nSPS) is 10.6. The molecule has 0 spiro atoms. The largest absolute Gasteiger partial charge is 0.464 e. The van der Waals surface area contributed by atoms with Gasteiger partial charge in [-0.05, 0) is 18.2 Å². The molecule has 0 unspecified atom stereocenters. The first kappa shape index (κ1) is 6.43. The lowest BCUT2D eigenvalue weighted by molar-refractivity contribution is 0.281. The van der Waals surface area contributed by atoms with Crippen LogP contribution in [0, 0.1) is 6.07 Å². The van der Waals surface area contributed by atoms with Gasteiger partial charge in [-0.15, -0.1) is 0 Å². The fourth-order valence-electron chi connectivity index (χ4n) is 1.09. The van der Waals surface area contributed by atoms with Gasteiger partial charge >= 0.3 is 0 Å². The number of furan rings is 1. The third kappa shape index (κ3) is 0.917. The average Bonchev–Trinajstić information content (AvgIpc) is 2.47. The van der Waals surface area contributed by atoms with E-state index in [4.69, 9.17) is 9.52 Å². The molecule has 1 heterocycles. The van der Waals surface area contributed by atoms with Gasteiger partial charge in [-0.25, -0.2) is 0 Å². The molecule has 2 rings (SSSR count). The van der Waals surface area contributed by atoms with Crippen molar-refractivity contribution in [1.29, 1.82) is 0 Å². The lowest BCUT2D eigenvalue weighted by Crippen LogP contribution is -1.76. The van der Waals surface area contributed by atoms with E-state index in [0.29, 0.717) is 0 Å². The molecule has 0 aliphatic carbocycles. The summed E-state index contributed by atoms with van der Waals surface area (Å²) in [6.45, 7) is 0.0187. The standard InChI is InChI=1S/C9H7O2/c10-5-7-6-11-9-4-2-1-3-8(7)9/h2-4,6,10H,5H2. The molecule has 1 N–H and O–H groups in total. The first-order valence-corrected chi connectivity index (χ1v) is 3.39. The van der Waals surface area contributed by atoms with E-state index < -0.39 is 0 Å². The summed E-state index contributed by atoms with van der Waals surface area (Å²) in [5, 5.41) is 9.79. The zero-order valence-electron chi connectivity index (χ0n) is 5.87. The van der Waals surface area contributed by atoms with E-state index in [1.54, 1.807) is 12.3 Å². The number of fused-ring (bicyclic) bond motifs is 1. The highest BCUT2D eigenvalue weighted by atomic mass is 16.3. The van der Waals surface area contributed by atoms with Crippen LogP contribution >= 0.6 is 0 Å². The second-order valence-corrected chi connectivity index (χ2v) is 2.34. The molecule has 0 bridgehead atoms. The molecule has 1 aromatic carbocycles. The quantitative estimate of drug-likeness (QED) is 0.666. The molecule has 1 radical (unpaired) electrons. The number of benzene rings is 1. The molecular formula is C9H7O2. The molecule has 2 aromatic rings. The minimum Gasteiger partial charge on any atom is -0.464 e. The van der Waals surface area contributed by atoms with Gasteiger partial charge in [0.2, 0.25) is 0 Å². The van der Waals surface area contributed by atoms with E-state index in [9.17, 15) is 0 Å². The smallest absolute Gasteiger partial charge is 0.134 e. The van der Waals surface area contributed by atoms with Gasteiger partial charge in [0, 0.05) is 10.9 Å². The Morgan fingerprint density at radius 2 is 2.45 bits per heavy atom. The number of aliphatic hydroxyl groups is 1. The van der Waals surface area contributed by atoms with Crippen LogP contribution in [0.15, 0.2) is 28.9 Å². The fourth-order valence-corrected chi connectivity index (χ4v) is 1.09. The van der Waals surface area contributed by atoms with Crippen molar-refractivity contribution in [2.45, 2.75) is 6.61 Å². The average molecular weight is 147 g/mol. The molecule has 0 fully saturated rings. The molecule has 55 valence electrons. The maximum Gasteiger partial charge on any atom is 0.134 e. The van der Waals surface area contributed by atoms with Crippen molar-refractivity contribution in [2.75, 3.05) is 0 Å². The van der Waals surface area contributed by atoms with Gasteiger partial charge in [0.1, 0.15) is 5.58 Å². The monoisotopic (exact) mass is 147 g/mol. The topological polar surface area (TPSA) is 33.4 Å². The van der Waals surface area contributed by atoms with Crippen LogP contribution in [0.5, 0.6) is 0 Å². The van der Waals surface area contributed by atoms with Crippen LogP contribution in [0.3, 0.4) is 0 Å². The van der Waals surface area contributed by atoms with E-state index in [0.717, 1.165) is 16.5 Å². The van der Waals surface area contributed by atoms with Crippen LogP contribution in [-0.4, -0.2) is 5.11 Å². The molecular weight excluding hydrogens is 140 g/mol. The Balaban J connectivity index is 2.76. The molecule has 0 amide bonds. The van der Waals surface area contributed by atoms with Crippen molar-refractivity contribution in [3.8, 4) is 0 Å². The van der Waals surface area contributed by atoms with E-state index in [2.05, 4.69) is 6.07 Å². The summed E-state index contributed by atoms with van der Waals surface area (Å²) in [5.41, 5.74) is 1.62. The Labute approximate surface area is 64.1 Å². The van der Waals surface area contributed by atoms with E-state index in [1.807, 2.05) is 12.1 Å². The van der Waals surface area contributed by atoms with Gasteiger partial charge in [-0.2, -0.15) is 0 Å². The molecule has 2 nitrogen and oxygen atoms in total. The first-order valence-electron chi connectivity index (χ1n) is 3.39. The highest BCUT2D eigenvalue weighted by Gasteiger charge is 2.01. The Morgan fingerprint density at radius 3 is 3.27 bits per heavy atom. The van der Waals surface area contributed by atoms with Gasteiger partial charge in [-0.1, -0.05) is 6.07 Å². The van der Waals surface area contributed by atoms with Gasteiger partial charge in [0.25, 0.3) is 0 Å². The molecule has 11 heavy (non-hydrogen) atoms. The molecule has 2 heteroatoms. The second-order valence-electron chi connectivity index (χ2n) is 2.34. The van der Waals surface area contributed by atoms with Gasteiger partial charge in [-0.3, -0.25) is 0 Å². The van der Waals surface area contributed by atoms with Gasteiger partial charge in [0.05, 0.1) is 12.9 Å². The molecule has 0 saturated carbocycles. The highest BCUT2D eigenvalue weighted by molar-refractivity contribution is 5.80. The van der Waals surface area contributed by atoms with Crippen molar-refractivity contribution < 1.29 is 9.52 Å². The summed E-state index contributed by atoms with van der Waals surface area (Å²) < 4.78 is 5.16. The Hall–Kier alpha value is -1.28. The van der Waals surface area contributed by atoms with E-state index in [1.165, 1.54) is 0 Å². The number of rotatable bonds is 1. The van der Waals surface area contributed by atoms with Crippen LogP contribution in [0.25, 0.3) is 11.0 Å². The minimum absolute atomic E-state index is 0.0187. The number of aliphatic hydroxyl groups excluding tert-OH is 1. The molecule has 0 atom stereocenters. The highest BCUT2D eigenvalue weighted by Crippen LogP contribution is 2.19. The zero-order valence-corrected chi connectivity index (χ0v) is 5.87.